The molecule has 1 rings (SSSR count). The fraction of sp³-hybridized carbons (Fsp3) is 0.300. The molecule has 0 aromatic heterocycles. The molecule has 0 radical (unpaired) electrons. The third kappa shape index (κ3) is 2.01. The minimum absolute atomic E-state index is 0.111. The molecule has 0 saturated heterocycles. The molecule has 15 heavy (non-hydrogen) atoms. The van der Waals surface area contributed by atoms with Crippen molar-refractivity contribution < 1.29 is 19.8 Å². The molecule has 1 aliphatic heterocycles. The second-order valence-electron chi connectivity index (χ2n) is 3.39. The predicted octanol–water partition coefficient (Wildman–Crippen LogP) is 2.46. The fourth-order valence-corrected chi connectivity index (χ4v) is 6.40. The van der Waals surface area contributed by atoms with Crippen LogP contribution in [0.2, 0.25) is 0 Å². The number of carboxylic acids is 1. The molecule has 1 heterocycles. The zero-order valence-electron chi connectivity index (χ0n) is 8.74. The van der Waals surface area contributed by atoms with Gasteiger partial charge in [0.25, 0.3) is 0 Å². The molecular weight excluding hydrogens is 311 g/mol. The topological polar surface area (TPSA) is 74.6 Å². The molecule has 0 aromatic carbocycles. The van der Waals surface area contributed by atoms with Crippen molar-refractivity contribution in [3.63, 3.8) is 0 Å². The van der Waals surface area contributed by atoms with Gasteiger partial charge in [0.1, 0.15) is 0 Å². The van der Waals surface area contributed by atoms with Gasteiger partial charge >= 0.3 is 91.3 Å². The summed E-state index contributed by atoms with van der Waals surface area (Å²) in [5.41, 5.74) is 0.885. The molecule has 0 saturated carbocycles. The molecule has 4 nitrogen and oxygen atoms in total. The van der Waals surface area contributed by atoms with E-state index in [-0.39, 0.29) is 5.57 Å². The van der Waals surface area contributed by atoms with E-state index in [1.165, 1.54) is 10.2 Å². The maximum absolute atomic E-state index is 11.2. The van der Waals surface area contributed by atoms with E-state index in [1.54, 1.807) is 18.8 Å². The number of hydrogen-bond acceptors (Lipinski definition) is 2. The molecule has 0 amide bonds. The molecule has 0 bridgehead atoms. The van der Waals surface area contributed by atoms with Crippen molar-refractivity contribution >= 4 is 31.4 Å². The zero-order valence-corrected chi connectivity index (χ0v) is 10.9. The van der Waals surface area contributed by atoms with Crippen LogP contribution in [0.25, 0.3) is 0 Å². The van der Waals surface area contributed by atoms with Gasteiger partial charge in [-0.25, -0.2) is 0 Å². The first-order valence-corrected chi connectivity index (χ1v) is 9.76. The third-order valence-electron chi connectivity index (χ3n) is 2.42. The fourth-order valence-electron chi connectivity index (χ4n) is 1.27. The molecule has 1 unspecified atom stereocenters. The Bertz CT molecular complexity index is 454. The number of alkyl halides is 1. The first-order valence-electron chi connectivity index (χ1n) is 4.20. The molecule has 1 aliphatic rings. The number of halogens is 1. The molecule has 2 N–H and O–H groups in total. The van der Waals surface area contributed by atoms with Crippen LogP contribution in [0.5, 0.6) is 0 Å². The minimum atomic E-state index is -3.25. The van der Waals surface area contributed by atoms with Gasteiger partial charge in [-0.2, -0.15) is 0 Å². The van der Waals surface area contributed by atoms with Gasteiger partial charge in [-0.15, -0.1) is 0 Å². The van der Waals surface area contributed by atoms with E-state index in [9.17, 15) is 14.7 Å². The number of rotatable bonds is 2. The van der Waals surface area contributed by atoms with E-state index in [0.717, 1.165) is 9.08 Å². The summed E-state index contributed by atoms with van der Waals surface area (Å²) in [6.07, 6.45) is 1.53. The first kappa shape index (κ1) is 12.1. The normalized spacial score (nSPS) is 29.9. The van der Waals surface area contributed by atoms with Crippen molar-refractivity contribution in [3.05, 3.63) is 21.3 Å². The number of carbonyl (C=O) groups is 2. The Morgan fingerprint density at radius 2 is 1.80 bits per heavy atom. The van der Waals surface area contributed by atoms with Crippen molar-refractivity contribution in [1.82, 2.24) is 0 Å². The molecule has 0 spiro atoms. The molecule has 0 aliphatic carbocycles. The van der Waals surface area contributed by atoms with Gasteiger partial charge in [-0.3, -0.25) is 0 Å². The third-order valence-corrected chi connectivity index (χ3v) is 10.5. The number of hydrogen-bond donors (Lipinski definition) is 2. The predicted molar refractivity (Wildman–Crippen MR) is 68.1 cm³/mol. The van der Waals surface area contributed by atoms with Crippen molar-refractivity contribution in [2.75, 3.05) is 4.93 Å². The quantitative estimate of drug-likeness (QED) is 0.465. The van der Waals surface area contributed by atoms with Gasteiger partial charge < -0.3 is 0 Å². The van der Waals surface area contributed by atoms with E-state index in [4.69, 9.17) is 5.11 Å². The van der Waals surface area contributed by atoms with Gasteiger partial charge in [-0.1, -0.05) is 0 Å². The van der Waals surface area contributed by atoms with Crippen molar-refractivity contribution in [3.8, 4) is 0 Å². The second-order valence-corrected chi connectivity index (χ2v) is 11.7. The number of aliphatic carboxylic acids is 1. The summed E-state index contributed by atoms with van der Waals surface area (Å²) in [5.74, 6) is -1.06. The van der Waals surface area contributed by atoms with Crippen LogP contribution in [-0.2, 0) is 4.79 Å². The maximum atomic E-state index is 11.2. The molecule has 1 atom stereocenters. The average Bonchev–Trinajstić information content (AvgIpc) is 2.12. The molecule has 0 fully saturated rings. The Labute approximate surface area is 91.3 Å². The zero-order chi connectivity index (χ0) is 11.8. The van der Waals surface area contributed by atoms with Gasteiger partial charge in [-0.05, 0) is 0 Å². The van der Waals surface area contributed by atoms with Gasteiger partial charge in [0.15, 0.2) is 0 Å². The number of allylic oxidation sites excluding steroid dienone is 1. The van der Waals surface area contributed by atoms with E-state index in [2.05, 4.69) is 0 Å². The molecule has 0 aromatic rings. The van der Waals surface area contributed by atoms with E-state index in [1.807, 2.05) is 0 Å². The summed E-state index contributed by atoms with van der Waals surface area (Å²) in [5, 5.41) is 18.0. The summed E-state index contributed by atoms with van der Waals surface area (Å²) >= 11 is -3.25. The van der Waals surface area contributed by atoms with Crippen LogP contribution < -0.4 is 0 Å². The summed E-state index contributed by atoms with van der Waals surface area (Å²) in [6, 6.07) is 0. The van der Waals surface area contributed by atoms with Crippen LogP contribution >= 0.6 is 18.0 Å². The second kappa shape index (κ2) is 3.88. The Hall–Kier alpha value is -0.980. The van der Waals surface area contributed by atoms with Crippen LogP contribution in [-0.4, -0.2) is 28.6 Å². The van der Waals surface area contributed by atoms with Crippen molar-refractivity contribution in [1.29, 1.82) is 0 Å². The van der Waals surface area contributed by atoms with Crippen LogP contribution in [0.3, 0.4) is 0 Å². The molecule has 5 heteroatoms. The van der Waals surface area contributed by atoms with E-state index in [0.29, 0.717) is 0 Å². The van der Waals surface area contributed by atoms with Crippen molar-refractivity contribution in [2.45, 2.75) is 13.8 Å². The van der Waals surface area contributed by atoms with Crippen molar-refractivity contribution in [2.24, 2.45) is 0 Å². The molecular formula is C10H13IO4. The first-order chi connectivity index (χ1) is 6.79. The van der Waals surface area contributed by atoms with Crippen LogP contribution in [0.4, 0.5) is 4.79 Å². The summed E-state index contributed by atoms with van der Waals surface area (Å²) in [6.45, 7) is 3.54. The van der Waals surface area contributed by atoms with Crippen LogP contribution in [0.1, 0.15) is 13.8 Å². The Morgan fingerprint density at radius 3 is 2.20 bits per heavy atom. The summed E-state index contributed by atoms with van der Waals surface area (Å²) < 4.78 is 1.45. The summed E-state index contributed by atoms with van der Waals surface area (Å²) in [7, 11) is 0. The van der Waals surface area contributed by atoms with Gasteiger partial charge in [0.2, 0.25) is 0 Å². The Kier molecular flexibility index (Phi) is 3.13. The Morgan fingerprint density at radius 1 is 1.27 bits per heavy atom. The van der Waals surface area contributed by atoms with E-state index < -0.39 is 27.9 Å². The monoisotopic (exact) mass is 324 g/mol. The van der Waals surface area contributed by atoms with Gasteiger partial charge in [0, 0.05) is 0 Å². The average molecular weight is 324 g/mol. The Balaban J connectivity index is 3.52. The van der Waals surface area contributed by atoms with Crippen LogP contribution in [0, 0.1) is 0 Å². The summed E-state index contributed by atoms with van der Waals surface area (Å²) in [4.78, 5) is 23.7. The molecule has 84 valence electrons. The van der Waals surface area contributed by atoms with E-state index >= 15 is 0 Å². The van der Waals surface area contributed by atoms with Gasteiger partial charge in [0.05, 0.1) is 0 Å². The standard InChI is InChI=1S/C10H13IO4/c1-6-4-8(9(12)13)5-11(3,7(6)2)10(14)15/h4-5H,1-3H3,(H,12,13)(H,14,15). The number of carboxylic acid groups (broad SMARTS) is 2. The SMILES string of the molecule is CC1=CC(C(=O)O)=CI(C)(C(=O)O)=C1C. The van der Waals surface area contributed by atoms with Crippen LogP contribution in [0.15, 0.2) is 21.3 Å².